The zero-order chi connectivity index (χ0) is 8.98. The van der Waals surface area contributed by atoms with Gasteiger partial charge in [0.15, 0.2) is 5.79 Å². The summed E-state index contributed by atoms with van der Waals surface area (Å²) in [6.45, 7) is 7.43. The number of ether oxygens (including phenoxy) is 2. The number of halogens is 1. The van der Waals surface area contributed by atoms with E-state index in [1.165, 1.54) is 0 Å². The summed E-state index contributed by atoms with van der Waals surface area (Å²) in [5, 5.41) is 0. The molecule has 1 saturated heterocycles. The molecule has 0 aromatic rings. The number of rotatable bonds is 0. The minimum atomic E-state index is -0.416. The van der Waals surface area contributed by atoms with Gasteiger partial charge in [0.25, 0.3) is 0 Å². The third kappa shape index (κ3) is 1.26. The molecule has 2 aliphatic rings. The molecule has 70 valence electrons. The normalized spacial score (nSPS) is 51.0. The van der Waals surface area contributed by atoms with Gasteiger partial charge in [-0.15, -0.1) is 11.6 Å². The van der Waals surface area contributed by atoms with Crippen LogP contribution >= 0.6 is 11.6 Å². The molecular formula is C9H15ClO2. The van der Waals surface area contributed by atoms with E-state index in [9.17, 15) is 0 Å². The second-order valence-corrected chi connectivity index (χ2v) is 5.20. The lowest BCUT2D eigenvalue weighted by Crippen LogP contribution is -2.29. The standard InChI is InChI=1S/C9H15ClO2/c1-8(2)11-4-6-7(5-12-8)9(6,3)10/h6-7H,4-5H2,1-3H3/t6-,7+,9?. The van der Waals surface area contributed by atoms with Crippen LogP contribution in [-0.4, -0.2) is 23.9 Å². The van der Waals surface area contributed by atoms with Gasteiger partial charge in [0.2, 0.25) is 0 Å². The molecule has 0 amide bonds. The summed E-state index contributed by atoms with van der Waals surface area (Å²) in [6.07, 6.45) is 0. The first-order valence-electron chi connectivity index (χ1n) is 4.40. The molecule has 0 bridgehead atoms. The Morgan fingerprint density at radius 2 is 1.50 bits per heavy atom. The molecule has 0 aromatic carbocycles. The van der Waals surface area contributed by atoms with Gasteiger partial charge in [-0.05, 0) is 20.8 Å². The van der Waals surface area contributed by atoms with Crippen molar-refractivity contribution in [3.63, 3.8) is 0 Å². The lowest BCUT2D eigenvalue weighted by Gasteiger charge is -2.24. The maximum atomic E-state index is 6.22. The molecule has 2 nitrogen and oxygen atoms in total. The highest BCUT2D eigenvalue weighted by Crippen LogP contribution is 2.57. The van der Waals surface area contributed by atoms with Gasteiger partial charge in [-0.25, -0.2) is 0 Å². The van der Waals surface area contributed by atoms with Gasteiger partial charge >= 0.3 is 0 Å². The molecule has 3 atom stereocenters. The first-order chi connectivity index (χ1) is 5.43. The Morgan fingerprint density at radius 3 is 1.92 bits per heavy atom. The minimum Gasteiger partial charge on any atom is -0.350 e. The second kappa shape index (κ2) is 2.37. The van der Waals surface area contributed by atoms with Gasteiger partial charge in [-0.2, -0.15) is 0 Å². The monoisotopic (exact) mass is 190 g/mol. The summed E-state index contributed by atoms with van der Waals surface area (Å²) >= 11 is 6.22. The Balaban J connectivity index is 2.01. The van der Waals surface area contributed by atoms with Crippen molar-refractivity contribution in [2.45, 2.75) is 31.4 Å². The van der Waals surface area contributed by atoms with E-state index in [0.29, 0.717) is 11.8 Å². The van der Waals surface area contributed by atoms with E-state index in [-0.39, 0.29) is 4.87 Å². The van der Waals surface area contributed by atoms with Crippen molar-refractivity contribution >= 4 is 11.6 Å². The van der Waals surface area contributed by atoms with Gasteiger partial charge in [0, 0.05) is 11.8 Å². The highest BCUT2D eigenvalue weighted by atomic mass is 35.5. The molecule has 1 aliphatic heterocycles. The van der Waals surface area contributed by atoms with Gasteiger partial charge in [0.1, 0.15) is 0 Å². The van der Waals surface area contributed by atoms with Crippen LogP contribution in [0.5, 0.6) is 0 Å². The lowest BCUT2D eigenvalue weighted by molar-refractivity contribution is -0.206. The number of fused-ring (bicyclic) bond motifs is 1. The zero-order valence-electron chi connectivity index (χ0n) is 7.76. The molecule has 1 saturated carbocycles. The van der Waals surface area contributed by atoms with Crippen molar-refractivity contribution in [3.05, 3.63) is 0 Å². The maximum absolute atomic E-state index is 6.22. The van der Waals surface area contributed by atoms with Crippen LogP contribution in [0, 0.1) is 11.8 Å². The fourth-order valence-electron chi connectivity index (χ4n) is 1.84. The quantitative estimate of drug-likeness (QED) is 0.544. The Morgan fingerprint density at radius 1 is 1.08 bits per heavy atom. The molecule has 0 spiro atoms. The van der Waals surface area contributed by atoms with Crippen LogP contribution in [0.15, 0.2) is 0 Å². The summed E-state index contributed by atoms with van der Waals surface area (Å²) in [5.41, 5.74) is 0. The molecule has 3 heteroatoms. The van der Waals surface area contributed by atoms with Crippen molar-refractivity contribution in [2.75, 3.05) is 13.2 Å². The highest BCUT2D eigenvalue weighted by molar-refractivity contribution is 6.26. The zero-order valence-corrected chi connectivity index (χ0v) is 8.52. The predicted octanol–water partition coefficient (Wildman–Crippen LogP) is 2.01. The average Bonchev–Trinajstić information content (AvgIpc) is 2.49. The molecule has 0 aromatic heterocycles. The van der Waals surface area contributed by atoms with E-state index in [4.69, 9.17) is 21.1 Å². The molecule has 0 N–H and O–H groups in total. The number of hydrogen-bond donors (Lipinski definition) is 0. The third-order valence-corrected chi connectivity index (χ3v) is 3.61. The Kier molecular flexibility index (Phi) is 1.74. The topological polar surface area (TPSA) is 18.5 Å². The molecule has 12 heavy (non-hydrogen) atoms. The second-order valence-electron chi connectivity index (χ2n) is 4.39. The van der Waals surface area contributed by atoms with Gasteiger partial charge in [0.05, 0.1) is 18.1 Å². The summed E-state index contributed by atoms with van der Waals surface area (Å²) < 4.78 is 11.1. The number of alkyl halides is 1. The van der Waals surface area contributed by atoms with E-state index >= 15 is 0 Å². The molecule has 1 aliphatic carbocycles. The maximum Gasteiger partial charge on any atom is 0.162 e. The van der Waals surface area contributed by atoms with Crippen LogP contribution in [0.1, 0.15) is 20.8 Å². The summed E-state index contributed by atoms with van der Waals surface area (Å²) in [4.78, 5) is -0.0729. The first-order valence-corrected chi connectivity index (χ1v) is 4.78. The first kappa shape index (κ1) is 8.79. The van der Waals surface area contributed by atoms with Crippen molar-refractivity contribution in [1.29, 1.82) is 0 Å². The Labute approximate surface area is 78.2 Å². The van der Waals surface area contributed by atoms with Crippen LogP contribution in [0.2, 0.25) is 0 Å². The minimum absolute atomic E-state index is 0.0729. The van der Waals surface area contributed by atoms with Crippen molar-refractivity contribution in [3.8, 4) is 0 Å². The van der Waals surface area contributed by atoms with Gasteiger partial charge < -0.3 is 9.47 Å². The van der Waals surface area contributed by atoms with Crippen molar-refractivity contribution < 1.29 is 9.47 Å². The fourth-order valence-corrected chi connectivity index (χ4v) is 2.21. The number of hydrogen-bond acceptors (Lipinski definition) is 2. The molecule has 2 rings (SSSR count). The van der Waals surface area contributed by atoms with Crippen LogP contribution in [0.3, 0.4) is 0 Å². The SMILES string of the molecule is CC1(C)OC[C@@H]2[C@H](CO1)C2(C)Cl. The van der Waals surface area contributed by atoms with Gasteiger partial charge in [-0.3, -0.25) is 0 Å². The smallest absolute Gasteiger partial charge is 0.162 e. The molecule has 2 fully saturated rings. The van der Waals surface area contributed by atoms with Crippen molar-refractivity contribution in [1.82, 2.24) is 0 Å². The van der Waals surface area contributed by atoms with E-state index in [0.717, 1.165) is 13.2 Å². The average molecular weight is 191 g/mol. The van der Waals surface area contributed by atoms with E-state index in [1.54, 1.807) is 0 Å². The lowest BCUT2D eigenvalue weighted by atomic mass is 10.3. The molecule has 0 radical (unpaired) electrons. The Bertz CT molecular complexity index is 181. The van der Waals surface area contributed by atoms with E-state index in [1.807, 2.05) is 13.8 Å². The van der Waals surface area contributed by atoms with Gasteiger partial charge in [-0.1, -0.05) is 0 Å². The highest BCUT2D eigenvalue weighted by Gasteiger charge is 2.62. The molecular weight excluding hydrogens is 176 g/mol. The van der Waals surface area contributed by atoms with Crippen molar-refractivity contribution in [2.24, 2.45) is 11.8 Å². The van der Waals surface area contributed by atoms with Crippen LogP contribution in [0.25, 0.3) is 0 Å². The van der Waals surface area contributed by atoms with Crippen LogP contribution in [-0.2, 0) is 9.47 Å². The van der Waals surface area contributed by atoms with Crippen LogP contribution < -0.4 is 0 Å². The van der Waals surface area contributed by atoms with E-state index in [2.05, 4.69) is 6.92 Å². The van der Waals surface area contributed by atoms with E-state index < -0.39 is 5.79 Å². The Hall–Kier alpha value is 0.210. The fraction of sp³-hybridized carbons (Fsp3) is 1.00. The largest absolute Gasteiger partial charge is 0.350 e. The van der Waals surface area contributed by atoms with Crippen LogP contribution in [0.4, 0.5) is 0 Å². The summed E-state index contributed by atoms with van der Waals surface area (Å²) in [7, 11) is 0. The molecule has 1 unspecified atom stereocenters. The summed E-state index contributed by atoms with van der Waals surface area (Å²) in [5.74, 6) is 0.558. The third-order valence-electron chi connectivity index (χ3n) is 3.05. The molecule has 1 heterocycles. The predicted molar refractivity (Wildman–Crippen MR) is 47.2 cm³/mol. The summed E-state index contributed by atoms with van der Waals surface area (Å²) in [6, 6.07) is 0.